The summed E-state index contributed by atoms with van der Waals surface area (Å²) in [4.78, 5) is 0. The first kappa shape index (κ1) is 22.6. The van der Waals surface area contributed by atoms with Crippen molar-refractivity contribution in [1.29, 1.82) is 0 Å². The number of aryl methyl sites for hydroxylation is 1. The Hall–Kier alpha value is -4.17. The largest absolute Gasteiger partial charge is 0.507 e. The predicted molar refractivity (Wildman–Crippen MR) is 147 cm³/mol. The van der Waals surface area contributed by atoms with Gasteiger partial charge in [0.05, 0.1) is 10.9 Å². The van der Waals surface area contributed by atoms with E-state index in [-0.39, 0.29) is 5.75 Å². The molecule has 4 aromatic carbocycles. The monoisotopic (exact) mass is 457 g/mol. The first-order valence-electron chi connectivity index (χ1n) is 12.2. The maximum Gasteiger partial charge on any atom is 0.360 e. The Labute approximate surface area is 206 Å². The summed E-state index contributed by atoms with van der Waals surface area (Å²) in [7, 11) is 0. The van der Waals surface area contributed by atoms with Crippen molar-refractivity contribution in [3.05, 3.63) is 120 Å². The van der Waals surface area contributed by atoms with Crippen molar-refractivity contribution < 1.29 is 9.52 Å². The van der Waals surface area contributed by atoms with Gasteiger partial charge in [-0.1, -0.05) is 80.1 Å². The van der Waals surface area contributed by atoms with Crippen LogP contribution in [0.4, 0.5) is 0 Å². The van der Waals surface area contributed by atoms with Gasteiger partial charge in [0.25, 0.3) is 0 Å². The normalized spacial score (nSPS) is 11.3. The Morgan fingerprint density at radius 2 is 1.34 bits per heavy atom. The summed E-state index contributed by atoms with van der Waals surface area (Å²) in [5, 5.41) is 11.6. The van der Waals surface area contributed by atoms with E-state index in [0.29, 0.717) is 0 Å². The molecule has 0 fully saturated rings. The van der Waals surface area contributed by atoms with Crippen LogP contribution in [0, 0.1) is 0 Å². The Morgan fingerprint density at radius 3 is 2.03 bits per heavy atom. The minimum Gasteiger partial charge on any atom is -0.507 e. The summed E-state index contributed by atoms with van der Waals surface area (Å²) in [5.41, 5.74) is 7.37. The van der Waals surface area contributed by atoms with Gasteiger partial charge in [-0.05, 0) is 71.5 Å². The molecule has 0 unspecified atom stereocenters. The molecule has 2 nitrogen and oxygen atoms in total. The van der Waals surface area contributed by atoms with Gasteiger partial charge in [0.2, 0.25) is 0 Å². The average molecular weight is 458 g/mol. The van der Waals surface area contributed by atoms with Crippen LogP contribution in [0.5, 0.6) is 5.75 Å². The van der Waals surface area contributed by atoms with Gasteiger partial charge in [0.1, 0.15) is 5.75 Å². The molecule has 0 aliphatic rings. The van der Waals surface area contributed by atoms with E-state index in [2.05, 4.69) is 61.5 Å². The number of rotatable bonds is 7. The van der Waals surface area contributed by atoms with Gasteiger partial charge in [-0.15, -0.1) is 0 Å². The lowest BCUT2D eigenvalue weighted by atomic mass is 10.00. The van der Waals surface area contributed by atoms with Gasteiger partial charge in [-0.3, -0.25) is 0 Å². The van der Waals surface area contributed by atoms with Crippen molar-refractivity contribution in [2.75, 3.05) is 0 Å². The maximum atomic E-state index is 10.5. The zero-order valence-corrected chi connectivity index (χ0v) is 19.9. The van der Waals surface area contributed by atoms with Crippen LogP contribution in [0.1, 0.15) is 36.7 Å². The molecule has 0 atom stereocenters. The van der Waals surface area contributed by atoms with E-state index >= 15 is 0 Å². The zero-order valence-electron chi connectivity index (χ0n) is 19.9. The van der Waals surface area contributed by atoms with E-state index in [1.165, 1.54) is 16.7 Å². The van der Waals surface area contributed by atoms with Gasteiger partial charge in [0.15, 0.2) is 0 Å². The van der Waals surface area contributed by atoms with Gasteiger partial charge >= 0.3 is 11.3 Å². The molecule has 5 rings (SSSR count). The molecule has 0 bridgehead atoms. The topological polar surface area (TPSA) is 31.5 Å². The molecular formula is C33H29O2+. The first-order chi connectivity index (χ1) is 17.2. The van der Waals surface area contributed by atoms with Gasteiger partial charge in [-0.25, -0.2) is 4.42 Å². The fourth-order valence-electron chi connectivity index (χ4n) is 4.37. The number of benzene rings is 4. The fraction of sp³-hybridized carbons (Fsp3) is 0.121. The van der Waals surface area contributed by atoms with Crippen LogP contribution in [0.25, 0.3) is 45.4 Å². The molecule has 35 heavy (non-hydrogen) atoms. The number of unbranched alkanes of at least 4 members (excludes halogenated alkanes) is 1. The van der Waals surface area contributed by atoms with E-state index in [1.807, 2.05) is 54.6 Å². The second-order valence-electron chi connectivity index (χ2n) is 8.83. The minimum absolute atomic E-state index is 0.254. The number of phenolic OH excluding ortho intramolecular Hbond substituents is 1. The lowest BCUT2D eigenvalue weighted by Crippen LogP contribution is -1.91. The van der Waals surface area contributed by atoms with Crippen molar-refractivity contribution >= 4 is 23.1 Å². The molecule has 1 aromatic heterocycles. The summed E-state index contributed by atoms with van der Waals surface area (Å²) in [6.45, 7) is 2.20. The smallest absolute Gasteiger partial charge is 0.360 e. The molecule has 0 amide bonds. The molecule has 1 N–H and O–H groups in total. The number of hydrogen-bond donors (Lipinski definition) is 1. The molecule has 2 heteroatoms. The summed E-state index contributed by atoms with van der Waals surface area (Å²) in [6, 6.07) is 34.9. The van der Waals surface area contributed by atoms with Gasteiger partial charge < -0.3 is 5.11 Å². The number of aromatic hydroxyl groups is 1. The van der Waals surface area contributed by atoms with E-state index in [9.17, 15) is 5.11 Å². The molecule has 0 saturated carbocycles. The molecule has 172 valence electrons. The fourth-order valence-corrected chi connectivity index (χ4v) is 4.37. The standard InChI is InChI=1S/C33H28O2/c1-2-3-10-29-23-30-22-27(25-13-8-5-9-14-25)16-19-33(30)35-32(29)20-17-28-21-26(15-18-31(28)34)24-11-6-4-7-12-24/h4-9,11-23H,2-3,10H2,1H3/p+1. The van der Waals surface area contributed by atoms with Crippen molar-refractivity contribution in [1.82, 2.24) is 0 Å². The molecule has 0 aliphatic heterocycles. The van der Waals surface area contributed by atoms with Crippen LogP contribution >= 0.6 is 0 Å². The molecule has 0 radical (unpaired) electrons. The molecule has 0 aliphatic carbocycles. The summed E-state index contributed by atoms with van der Waals surface area (Å²) in [6.07, 6.45) is 7.08. The molecule has 0 saturated heterocycles. The van der Waals surface area contributed by atoms with E-state index < -0.39 is 0 Å². The molecule has 1 heterocycles. The van der Waals surface area contributed by atoms with Gasteiger partial charge in [0, 0.05) is 17.7 Å². The third kappa shape index (κ3) is 5.17. The SMILES string of the molecule is CCCCc1cc2cc(-c3ccccc3)ccc2[o+]c1C=Cc1cc(-c2ccccc2)ccc1O. The zero-order chi connectivity index (χ0) is 24.0. The molecule has 0 spiro atoms. The van der Waals surface area contributed by atoms with E-state index in [0.717, 1.165) is 52.7 Å². The number of hydrogen-bond acceptors (Lipinski definition) is 1. The highest BCUT2D eigenvalue weighted by Gasteiger charge is 2.18. The van der Waals surface area contributed by atoms with Crippen molar-refractivity contribution in [2.45, 2.75) is 26.2 Å². The third-order valence-electron chi connectivity index (χ3n) is 6.33. The van der Waals surface area contributed by atoms with E-state index in [1.54, 1.807) is 6.07 Å². The highest BCUT2D eigenvalue weighted by Crippen LogP contribution is 2.30. The number of fused-ring (bicyclic) bond motifs is 1. The minimum atomic E-state index is 0.254. The second kappa shape index (κ2) is 10.4. The predicted octanol–water partition coefficient (Wildman–Crippen LogP) is 9.27. The Balaban J connectivity index is 1.53. The quantitative estimate of drug-likeness (QED) is 0.247. The Bertz CT molecular complexity index is 1470. The van der Waals surface area contributed by atoms with Crippen molar-refractivity contribution in [3.8, 4) is 28.0 Å². The van der Waals surface area contributed by atoms with Crippen LogP contribution in [0.2, 0.25) is 0 Å². The van der Waals surface area contributed by atoms with Crippen LogP contribution < -0.4 is 0 Å². The summed E-state index contributed by atoms with van der Waals surface area (Å²) < 4.78 is 6.39. The second-order valence-corrected chi connectivity index (χ2v) is 8.83. The lowest BCUT2D eigenvalue weighted by Gasteiger charge is -2.05. The number of phenols is 1. The van der Waals surface area contributed by atoms with Crippen molar-refractivity contribution in [2.24, 2.45) is 0 Å². The Morgan fingerprint density at radius 1 is 0.686 bits per heavy atom. The highest BCUT2D eigenvalue weighted by atomic mass is 16.3. The average Bonchev–Trinajstić information content (AvgIpc) is 2.92. The first-order valence-corrected chi connectivity index (χ1v) is 12.2. The van der Waals surface area contributed by atoms with E-state index in [4.69, 9.17) is 4.42 Å². The van der Waals surface area contributed by atoms with Gasteiger partial charge in [-0.2, -0.15) is 0 Å². The summed E-state index contributed by atoms with van der Waals surface area (Å²) in [5.74, 6) is 1.09. The van der Waals surface area contributed by atoms with Crippen LogP contribution in [-0.4, -0.2) is 5.11 Å². The van der Waals surface area contributed by atoms with Crippen LogP contribution in [0.15, 0.2) is 108 Å². The maximum absolute atomic E-state index is 10.5. The summed E-state index contributed by atoms with van der Waals surface area (Å²) >= 11 is 0. The Kier molecular flexibility index (Phi) is 6.72. The molecular weight excluding hydrogens is 428 g/mol. The molecule has 5 aromatic rings. The van der Waals surface area contributed by atoms with Crippen LogP contribution in [0.3, 0.4) is 0 Å². The lowest BCUT2D eigenvalue weighted by molar-refractivity contribution is 0.474. The highest BCUT2D eigenvalue weighted by molar-refractivity contribution is 5.85. The third-order valence-corrected chi connectivity index (χ3v) is 6.33. The van der Waals surface area contributed by atoms with Crippen molar-refractivity contribution in [3.63, 3.8) is 0 Å². The van der Waals surface area contributed by atoms with Crippen LogP contribution in [-0.2, 0) is 6.42 Å².